The van der Waals surface area contributed by atoms with Crippen LogP contribution in [0.1, 0.15) is 18.1 Å². The molecule has 1 aromatic heterocycles. The van der Waals surface area contributed by atoms with Gasteiger partial charge >= 0.3 is 12.1 Å². The van der Waals surface area contributed by atoms with Gasteiger partial charge < -0.3 is 20.1 Å². The number of aromatic nitrogens is 1. The molecule has 1 rings (SSSR count). The smallest absolute Gasteiger partial charge is 0.422 e. The molecule has 2 unspecified atom stereocenters. The molecule has 0 saturated heterocycles. The minimum absolute atomic E-state index is 0.0677. The fourth-order valence-corrected chi connectivity index (χ4v) is 1.32. The first-order valence-electron chi connectivity index (χ1n) is 5.42. The van der Waals surface area contributed by atoms with E-state index in [2.05, 4.69) is 9.72 Å². The van der Waals surface area contributed by atoms with Crippen molar-refractivity contribution in [3.05, 3.63) is 23.9 Å². The van der Waals surface area contributed by atoms with Crippen LogP contribution in [0.3, 0.4) is 0 Å². The quantitative estimate of drug-likeness (QED) is 0.721. The third-order valence-corrected chi connectivity index (χ3v) is 2.23. The topological polar surface area (TPSA) is 99.9 Å². The van der Waals surface area contributed by atoms with Gasteiger partial charge in [0.2, 0.25) is 5.88 Å². The lowest BCUT2D eigenvalue weighted by molar-refractivity contribution is -0.154. The highest BCUT2D eigenvalue weighted by Gasteiger charge is 2.28. The number of hydrogen-bond donors (Lipinski definition) is 3. The zero-order chi connectivity index (χ0) is 15.3. The summed E-state index contributed by atoms with van der Waals surface area (Å²) in [6.07, 6.45) is -7.21. The van der Waals surface area contributed by atoms with E-state index >= 15 is 0 Å². The highest BCUT2D eigenvalue weighted by molar-refractivity contribution is 5.67. The number of halogens is 3. The van der Waals surface area contributed by atoms with E-state index in [0.717, 1.165) is 12.3 Å². The van der Waals surface area contributed by atoms with Gasteiger partial charge in [-0.05, 0) is 6.07 Å². The molecule has 0 bridgehead atoms. The zero-order valence-electron chi connectivity index (χ0n) is 10.0. The molecular weight excluding hydrogens is 283 g/mol. The molecule has 3 N–H and O–H groups in total. The average molecular weight is 295 g/mol. The molecule has 6 nitrogen and oxygen atoms in total. The normalized spacial score (nSPS) is 14.7. The SMILES string of the molecule is O=C(O)CC(O)C(O)c1ccc(OCC(F)(F)F)nc1. The van der Waals surface area contributed by atoms with Gasteiger partial charge in [-0.25, -0.2) is 4.98 Å². The zero-order valence-corrected chi connectivity index (χ0v) is 10.0. The average Bonchev–Trinajstić information content (AvgIpc) is 2.34. The Morgan fingerprint density at radius 3 is 2.45 bits per heavy atom. The van der Waals surface area contributed by atoms with Crippen LogP contribution in [0.15, 0.2) is 18.3 Å². The highest BCUT2D eigenvalue weighted by atomic mass is 19.4. The molecule has 0 aliphatic rings. The van der Waals surface area contributed by atoms with E-state index in [9.17, 15) is 28.2 Å². The lowest BCUT2D eigenvalue weighted by Crippen LogP contribution is -2.22. The number of hydrogen-bond acceptors (Lipinski definition) is 5. The summed E-state index contributed by atoms with van der Waals surface area (Å²) in [4.78, 5) is 13.9. The Labute approximate surface area is 111 Å². The molecule has 9 heteroatoms. The van der Waals surface area contributed by atoms with Crippen LogP contribution < -0.4 is 4.74 Å². The van der Waals surface area contributed by atoms with E-state index in [1.165, 1.54) is 6.07 Å². The Hall–Kier alpha value is -1.87. The maximum Gasteiger partial charge on any atom is 0.422 e. The van der Waals surface area contributed by atoms with Gasteiger partial charge in [-0.3, -0.25) is 4.79 Å². The van der Waals surface area contributed by atoms with Crippen molar-refractivity contribution in [2.45, 2.75) is 24.8 Å². The number of nitrogens with zero attached hydrogens (tertiary/aromatic N) is 1. The van der Waals surface area contributed by atoms with Crippen molar-refractivity contribution in [1.82, 2.24) is 4.98 Å². The number of aliphatic hydroxyl groups excluding tert-OH is 2. The number of carbonyl (C=O) groups is 1. The number of ether oxygens (including phenoxy) is 1. The summed E-state index contributed by atoms with van der Waals surface area (Å²) >= 11 is 0. The number of pyridine rings is 1. The van der Waals surface area contributed by atoms with Crippen molar-refractivity contribution >= 4 is 5.97 Å². The van der Waals surface area contributed by atoms with Crippen molar-refractivity contribution < 1.29 is 38.0 Å². The number of aliphatic hydroxyl groups is 2. The van der Waals surface area contributed by atoms with E-state index in [-0.39, 0.29) is 11.4 Å². The summed E-state index contributed by atoms with van der Waals surface area (Å²) in [6, 6.07) is 2.27. The second-order valence-corrected chi connectivity index (χ2v) is 3.94. The van der Waals surface area contributed by atoms with Gasteiger partial charge in [0.15, 0.2) is 6.61 Å². The van der Waals surface area contributed by atoms with Gasteiger partial charge in [-0.15, -0.1) is 0 Å². The monoisotopic (exact) mass is 295 g/mol. The summed E-state index contributed by atoms with van der Waals surface area (Å²) < 4.78 is 40.0. The third-order valence-electron chi connectivity index (χ3n) is 2.23. The molecule has 0 radical (unpaired) electrons. The lowest BCUT2D eigenvalue weighted by Gasteiger charge is -2.16. The van der Waals surface area contributed by atoms with Crippen LogP contribution in [0.5, 0.6) is 5.88 Å². The van der Waals surface area contributed by atoms with Crippen LogP contribution in [0.2, 0.25) is 0 Å². The molecule has 0 aromatic carbocycles. The standard InChI is InChI=1S/C11H12F3NO5/c12-11(13,14)5-20-8-2-1-6(4-15-8)10(19)7(16)3-9(17)18/h1-2,4,7,10,16,19H,3,5H2,(H,17,18). The lowest BCUT2D eigenvalue weighted by atomic mass is 10.0. The van der Waals surface area contributed by atoms with Gasteiger partial charge in [0.05, 0.1) is 12.5 Å². The van der Waals surface area contributed by atoms with Gasteiger partial charge in [-0.2, -0.15) is 13.2 Å². The van der Waals surface area contributed by atoms with Crippen molar-refractivity contribution in [1.29, 1.82) is 0 Å². The van der Waals surface area contributed by atoms with Crippen molar-refractivity contribution in [3.8, 4) is 5.88 Å². The summed E-state index contributed by atoms with van der Waals surface area (Å²) in [5, 5.41) is 27.5. The maximum absolute atomic E-state index is 11.9. The Morgan fingerprint density at radius 1 is 1.35 bits per heavy atom. The van der Waals surface area contributed by atoms with Gasteiger partial charge in [0.25, 0.3) is 0 Å². The van der Waals surface area contributed by atoms with Crippen LogP contribution >= 0.6 is 0 Å². The number of carboxylic acid groups (broad SMARTS) is 1. The fourth-order valence-electron chi connectivity index (χ4n) is 1.32. The van der Waals surface area contributed by atoms with Crippen molar-refractivity contribution in [3.63, 3.8) is 0 Å². The Bertz CT molecular complexity index is 448. The summed E-state index contributed by atoms with van der Waals surface area (Å²) in [6.45, 7) is -1.50. The van der Waals surface area contributed by atoms with Gasteiger partial charge in [-0.1, -0.05) is 0 Å². The predicted molar refractivity (Wildman–Crippen MR) is 59.0 cm³/mol. The van der Waals surface area contributed by atoms with E-state index in [1.807, 2.05) is 0 Å². The number of rotatable bonds is 6. The van der Waals surface area contributed by atoms with E-state index in [4.69, 9.17) is 5.11 Å². The first-order chi connectivity index (χ1) is 9.19. The molecule has 0 spiro atoms. The van der Waals surface area contributed by atoms with Crippen molar-refractivity contribution in [2.75, 3.05) is 6.61 Å². The summed E-state index contributed by atoms with van der Waals surface area (Å²) in [5.74, 6) is -1.60. The Kier molecular flexibility index (Phi) is 5.28. The highest BCUT2D eigenvalue weighted by Crippen LogP contribution is 2.21. The Morgan fingerprint density at radius 2 is 2.00 bits per heavy atom. The summed E-state index contributed by atoms with van der Waals surface area (Å²) in [7, 11) is 0. The maximum atomic E-state index is 11.9. The molecule has 0 fully saturated rings. The first-order valence-corrected chi connectivity index (χ1v) is 5.42. The molecule has 20 heavy (non-hydrogen) atoms. The van der Waals surface area contributed by atoms with Gasteiger partial charge in [0.1, 0.15) is 6.10 Å². The molecule has 2 atom stereocenters. The Balaban J connectivity index is 2.63. The molecule has 1 heterocycles. The molecule has 0 aliphatic carbocycles. The van der Waals surface area contributed by atoms with Crippen LogP contribution in [-0.4, -0.2) is 45.2 Å². The third kappa shape index (κ3) is 5.41. The first kappa shape index (κ1) is 16.2. The molecule has 0 amide bonds. The summed E-state index contributed by atoms with van der Waals surface area (Å²) in [5.41, 5.74) is 0.0677. The second kappa shape index (κ2) is 6.53. The van der Waals surface area contributed by atoms with Crippen LogP contribution in [0, 0.1) is 0 Å². The number of aliphatic carboxylic acids is 1. The minimum Gasteiger partial charge on any atom is -0.481 e. The molecule has 112 valence electrons. The molecule has 0 saturated carbocycles. The number of alkyl halides is 3. The van der Waals surface area contributed by atoms with Gasteiger partial charge in [0, 0.05) is 17.8 Å². The van der Waals surface area contributed by atoms with Crippen LogP contribution in [0.25, 0.3) is 0 Å². The van der Waals surface area contributed by atoms with Crippen LogP contribution in [0.4, 0.5) is 13.2 Å². The largest absolute Gasteiger partial charge is 0.481 e. The predicted octanol–water partition coefficient (Wildman–Crippen LogP) is 0.892. The fraction of sp³-hybridized carbons (Fsp3) is 0.455. The molecule has 1 aromatic rings. The van der Waals surface area contributed by atoms with Crippen molar-refractivity contribution in [2.24, 2.45) is 0 Å². The second-order valence-electron chi connectivity index (χ2n) is 3.94. The van der Waals surface area contributed by atoms with E-state index < -0.39 is 37.4 Å². The minimum atomic E-state index is -4.49. The number of carboxylic acids is 1. The van der Waals surface area contributed by atoms with E-state index in [0.29, 0.717) is 0 Å². The molecular formula is C11H12F3NO5. The van der Waals surface area contributed by atoms with Crippen LogP contribution in [-0.2, 0) is 4.79 Å². The molecule has 0 aliphatic heterocycles. The van der Waals surface area contributed by atoms with E-state index in [1.54, 1.807) is 0 Å².